The van der Waals surface area contributed by atoms with Gasteiger partial charge in [-0.25, -0.2) is 0 Å². The zero-order chi connectivity index (χ0) is 19.2. The van der Waals surface area contributed by atoms with Gasteiger partial charge in [0.2, 0.25) is 0 Å². The van der Waals surface area contributed by atoms with Crippen molar-refractivity contribution >= 4 is 39.1 Å². The zero-order valence-corrected chi connectivity index (χ0v) is 16.0. The Hall–Kier alpha value is -3.06. The van der Waals surface area contributed by atoms with Crippen molar-refractivity contribution < 1.29 is 18.7 Å². The van der Waals surface area contributed by atoms with Crippen LogP contribution in [0.2, 0.25) is 0 Å². The highest BCUT2D eigenvalue weighted by Gasteiger charge is 2.15. The molecule has 3 aromatic rings. The minimum atomic E-state index is -0.662. The van der Waals surface area contributed by atoms with Crippen LogP contribution >= 0.6 is 15.9 Å². The normalized spacial score (nSPS) is 11.5. The molecule has 1 atom stereocenters. The second kappa shape index (κ2) is 8.55. The number of hydrogen-bond donors (Lipinski definition) is 2. The molecule has 0 spiro atoms. The fourth-order valence-corrected chi connectivity index (χ4v) is 2.52. The summed E-state index contributed by atoms with van der Waals surface area (Å²) in [7, 11) is 0. The summed E-state index contributed by atoms with van der Waals surface area (Å²) in [4.78, 5) is 24.2. The minimum absolute atomic E-state index is 0.228. The zero-order valence-electron chi connectivity index (χ0n) is 14.4. The van der Waals surface area contributed by atoms with Crippen LogP contribution in [0, 0.1) is 0 Å². The number of ether oxygens (including phenoxy) is 1. The third-order valence-electron chi connectivity index (χ3n) is 3.65. The molecular weight excluding hydrogens is 412 g/mol. The van der Waals surface area contributed by atoms with E-state index in [4.69, 9.17) is 9.15 Å². The largest absolute Gasteiger partial charge is 0.481 e. The lowest BCUT2D eigenvalue weighted by Crippen LogP contribution is -2.30. The number of nitrogens with one attached hydrogen (secondary N) is 2. The molecule has 0 aliphatic carbocycles. The monoisotopic (exact) mass is 428 g/mol. The van der Waals surface area contributed by atoms with Gasteiger partial charge in [0.15, 0.2) is 11.9 Å². The fraction of sp³-hybridized carbons (Fsp3) is 0.100. The first-order valence-electron chi connectivity index (χ1n) is 8.19. The number of furan rings is 1. The van der Waals surface area contributed by atoms with Crippen LogP contribution in [0.25, 0.3) is 0 Å². The molecule has 2 aromatic carbocycles. The van der Waals surface area contributed by atoms with Gasteiger partial charge in [-0.2, -0.15) is 0 Å². The smallest absolute Gasteiger partial charge is 0.291 e. The Morgan fingerprint density at radius 1 is 0.963 bits per heavy atom. The number of amides is 2. The Bertz CT molecular complexity index is 906. The van der Waals surface area contributed by atoms with Crippen LogP contribution in [0.15, 0.2) is 75.8 Å². The quantitative estimate of drug-likeness (QED) is 0.595. The van der Waals surface area contributed by atoms with Gasteiger partial charge in [0.25, 0.3) is 11.8 Å². The average Bonchev–Trinajstić information content (AvgIpc) is 3.20. The van der Waals surface area contributed by atoms with E-state index in [1.54, 1.807) is 55.5 Å². The molecule has 1 aromatic heterocycles. The van der Waals surface area contributed by atoms with Crippen molar-refractivity contribution in [2.24, 2.45) is 0 Å². The molecule has 0 saturated heterocycles. The first-order chi connectivity index (χ1) is 13.0. The molecule has 7 heteroatoms. The van der Waals surface area contributed by atoms with Gasteiger partial charge >= 0.3 is 0 Å². The molecule has 0 radical (unpaired) electrons. The van der Waals surface area contributed by atoms with Crippen LogP contribution in [0.1, 0.15) is 17.5 Å². The minimum Gasteiger partial charge on any atom is -0.481 e. The van der Waals surface area contributed by atoms with E-state index in [9.17, 15) is 9.59 Å². The van der Waals surface area contributed by atoms with Gasteiger partial charge in [0.05, 0.1) is 6.26 Å². The van der Waals surface area contributed by atoms with Gasteiger partial charge in [-0.1, -0.05) is 15.9 Å². The van der Waals surface area contributed by atoms with E-state index >= 15 is 0 Å². The van der Waals surface area contributed by atoms with Crippen molar-refractivity contribution in [2.45, 2.75) is 13.0 Å². The Morgan fingerprint density at radius 3 is 2.19 bits per heavy atom. The molecule has 0 fully saturated rings. The summed E-state index contributed by atoms with van der Waals surface area (Å²) in [6.07, 6.45) is 0.773. The summed E-state index contributed by atoms with van der Waals surface area (Å²) < 4.78 is 11.6. The molecule has 0 saturated carbocycles. The van der Waals surface area contributed by atoms with Crippen molar-refractivity contribution in [3.63, 3.8) is 0 Å². The van der Waals surface area contributed by atoms with E-state index in [0.29, 0.717) is 17.1 Å². The molecule has 0 aliphatic rings. The number of anilines is 2. The molecule has 138 valence electrons. The van der Waals surface area contributed by atoms with Crippen LogP contribution in [-0.2, 0) is 4.79 Å². The van der Waals surface area contributed by atoms with Crippen LogP contribution in [-0.4, -0.2) is 17.9 Å². The summed E-state index contributed by atoms with van der Waals surface area (Å²) in [5.41, 5.74) is 1.19. The number of hydrogen-bond acceptors (Lipinski definition) is 4. The highest BCUT2D eigenvalue weighted by molar-refractivity contribution is 9.10. The maximum Gasteiger partial charge on any atom is 0.291 e. The SMILES string of the molecule is CC(Oc1ccc(Br)cc1)C(=O)Nc1ccc(NC(=O)c2ccco2)cc1. The maximum atomic E-state index is 12.3. The summed E-state index contributed by atoms with van der Waals surface area (Å²) in [6, 6.07) is 17.2. The Kier molecular flexibility index (Phi) is 5.93. The lowest BCUT2D eigenvalue weighted by molar-refractivity contribution is -0.122. The molecule has 1 unspecified atom stereocenters. The lowest BCUT2D eigenvalue weighted by atomic mass is 10.2. The Labute approximate surface area is 164 Å². The average molecular weight is 429 g/mol. The molecule has 2 amide bonds. The number of benzene rings is 2. The van der Waals surface area contributed by atoms with Crippen molar-refractivity contribution in [3.05, 3.63) is 77.2 Å². The van der Waals surface area contributed by atoms with E-state index in [-0.39, 0.29) is 17.6 Å². The van der Waals surface area contributed by atoms with Gasteiger partial charge in [-0.05, 0) is 67.6 Å². The van der Waals surface area contributed by atoms with Crippen LogP contribution in [0.5, 0.6) is 5.75 Å². The molecule has 2 N–H and O–H groups in total. The maximum absolute atomic E-state index is 12.3. The lowest BCUT2D eigenvalue weighted by Gasteiger charge is -2.15. The molecule has 3 rings (SSSR count). The number of carbonyl (C=O) groups is 2. The van der Waals surface area contributed by atoms with Gasteiger partial charge in [0, 0.05) is 15.8 Å². The Morgan fingerprint density at radius 2 is 1.59 bits per heavy atom. The van der Waals surface area contributed by atoms with Crippen LogP contribution in [0.3, 0.4) is 0 Å². The molecule has 27 heavy (non-hydrogen) atoms. The van der Waals surface area contributed by atoms with Gasteiger partial charge in [0.1, 0.15) is 5.75 Å². The van der Waals surface area contributed by atoms with E-state index in [1.807, 2.05) is 12.1 Å². The van der Waals surface area contributed by atoms with Gasteiger partial charge < -0.3 is 19.8 Å². The standard InChI is InChI=1S/C20H17BrN2O4/c1-13(27-17-10-4-14(21)5-11-17)19(24)22-15-6-8-16(9-7-15)23-20(25)18-3-2-12-26-18/h2-13H,1H3,(H,22,24)(H,23,25). The predicted molar refractivity (Wildman–Crippen MR) is 106 cm³/mol. The van der Waals surface area contributed by atoms with E-state index in [1.165, 1.54) is 6.26 Å². The number of carbonyl (C=O) groups excluding carboxylic acids is 2. The number of rotatable bonds is 6. The molecule has 1 heterocycles. The first kappa shape index (κ1) is 18.7. The van der Waals surface area contributed by atoms with Crippen molar-refractivity contribution in [3.8, 4) is 5.75 Å². The van der Waals surface area contributed by atoms with E-state index in [2.05, 4.69) is 26.6 Å². The van der Waals surface area contributed by atoms with Crippen LogP contribution < -0.4 is 15.4 Å². The highest BCUT2D eigenvalue weighted by Crippen LogP contribution is 2.19. The summed E-state index contributed by atoms with van der Waals surface area (Å²) >= 11 is 3.35. The third-order valence-corrected chi connectivity index (χ3v) is 4.18. The second-order valence-electron chi connectivity index (χ2n) is 5.71. The summed E-state index contributed by atoms with van der Waals surface area (Å²) in [5.74, 6) is 0.224. The first-order valence-corrected chi connectivity index (χ1v) is 8.98. The van der Waals surface area contributed by atoms with Crippen molar-refractivity contribution in [2.75, 3.05) is 10.6 Å². The van der Waals surface area contributed by atoms with Gasteiger partial charge in [-0.15, -0.1) is 0 Å². The fourth-order valence-electron chi connectivity index (χ4n) is 2.25. The molecule has 0 aliphatic heterocycles. The molecule has 0 bridgehead atoms. The van der Waals surface area contributed by atoms with Crippen molar-refractivity contribution in [1.29, 1.82) is 0 Å². The van der Waals surface area contributed by atoms with E-state index in [0.717, 1.165) is 4.47 Å². The Balaban J connectivity index is 1.54. The predicted octanol–water partition coefficient (Wildman–Crippen LogP) is 4.70. The summed E-state index contributed by atoms with van der Waals surface area (Å²) in [6.45, 7) is 1.68. The van der Waals surface area contributed by atoms with Crippen LogP contribution in [0.4, 0.5) is 11.4 Å². The highest BCUT2D eigenvalue weighted by atomic mass is 79.9. The molecular formula is C20H17BrN2O4. The number of halogens is 1. The summed E-state index contributed by atoms with van der Waals surface area (Å²) in [5, 5.41) is 5.49. The third kappa shape index (κ3) is 5.21. The van der Waals surface area contributed by atoms with Crippen molar-refractivity contribution in [1.82, 2.24) is 0 Å². The second-order valence-corrected chi connectivity index (χ2v) is 6.63. The topological polar surface area (TPSA) is 80.6 Å². The van der Waals surface area contributed by atoms with Gasteiger partial charge in [-0.3, -0.25) is 9.59 Å². The molecule has 6 nitrogen and oxygen atoms in total. The van der Waals surface area contributed by atoms with E-state index < -0.39 is 6.10 Å².